The monoisotopic (exact) mass is 321 g/mol. The third kappa shape index (κ3) is 3.72. The van der Waals surface area contributed by atoms with E-state index in [-0.39, 0.29) is 0 Å². The Morgan fingerprint density at radius 1 is 1.00 bits per heavy atom. The molecule has 2 N–H and O–H groups in total. The Morgan fingerprint density at radius 3 is 2.32 bits per heavy atom. The Bertz CT molecular complexity index is 540. The summed E-state index contributed by atoms with van der Waals surface area (Å²) in [6.07, 6.45) is 0. The van der Waals surface area contributed by atoms with Crippen molar-refractivity contribution in [3.05, 3.63) is 58.1 Å². The van der Waals surface area contributed by atoms with E-state index in [1.807, 2.05) is 42.5 Å². The van der Waals surface area contributed by atoms with Crippen LogP contribution in [0, 0.1) is 0 Å². The fraction of sp³-hybridized carbons (Fsp3) is 0.200. The fourth-order valence-electron chi connectivity index (χ4n) is 1.70. The smallest absolute Gasteiger partial charge is 0.161 e. The standard InChI is InChI=1S/C15H16BrNO2/c1-18-15-8-12(9-17)4-7-14(15)19-10-11-2-5-13(16)6-3-11/h2-8H,9-10,17H2,1H3. The minimum atomic E-state index is 0.489. The lowest BCUT2D eigenvalue weighted by Crippen LogP contribution is -2.00. The van der Waals surface area contributed by atoms with Crippen LogP contribution in [0.3, 0.4) is 0 Å². The Hall–Kier alpha value is -1.52. The number of benzene rings is 2. The van der Waals surface area contributed by atoms with Gasteiger partial charge in [0.1, 0.15) is 6.61 Å². The highest BCUT2D eigenvalue weighted by Gasteiger charge is 2.05. The van der Waals surface area contributed by atoms with E-state index < -0.39 is 0 Å². The van der Waals surface area contributed by atoms with Crippen molar-refractivity contribution in [1.29, 1.82) is 0 Å². The maximum atomic E-state index is 5.77. The van der Waals surface area contributed by atoms with Crippen molar-refractivity contribution in [3.8, 4) is 11.5 Å². The highest BCUT2D eigenvalue weighted by Crippen LogP contribution is 2.28. The molecule has 0 saturated carbocycles. The average molecular weight is 322 g/mol. The lowest BCUT2D eigenvalue weighted by Gasteiger charge is -2.12. The summed E-state index contributed by atoms with van der Waals surface area (Å²) in [7, 11) is 1.63. The number of halogens is 1. The van der Waals surface area contributed by atoms with Crippen LogP contribution in [0.1, 0.15) is 11.1 Å². The molecule has 2 aromatic carbocycles. The molecule has 0 spiro atoms. The van der Waals surface area contributed by atoms with Crippen LogP contribution >= 0.6 is 15.9 Å². The third-order valence-electron chi connectivity index (χ3n) is 2.77. The molecule has 0 saturated heterocycles. The molecule has 0 aromatic heterocycles. The van der Waals surface area contributed by atoms with Gasteiger partial charge in [0.05, 0.1) is 7.11 Å². The van der Waals surface area contributed by atoms with Crippen molar-refractivity contribution in [1.82, 2.24) is 0 Å². The van der Waals surface area contributed by atoms with Gasteiger partial charge < -0.3 is 15.2 Å². The van der Waals surface area contributed by atoms with Crippen molar-refractivity contribution < 1.29 is 9.47 Å². The summed E-state index contributed by atoms with van der Waals surface area (Å²) in [5.74, 6) is 1.43. The van der Waals surface area contributed by atoms with E-state index in [0.717, 1.165) is 21.3 Å². The van der Waals surface area contributed by atoms with Crippen LogP contribution in [0.15, 0.2) is 46.9 Å². The zero-order chi connectivity index (χ0) is 13.7. The molecule has 0 unspecified atom stereocenters. The summed E-state index contributed by atoms with van der Waals surface area (Å²) in [5.41, 5.74) is 7.73. The molecule has 0 aliphatic carbocycles. The van der Waals surface area contributed by atoms with Crippen molar-refractivity contribution in [2.75, 3.05) is 7.11 Å². The van der Waals surface area contributed by atoms with Gasteiger partial charge in [-0.2, -0.15) is 0 Å². The molecule has 0 heterocycles. The van der Waals surface area contributed by atoms with Crippen LogP contribution in [-0.2, 0) is 13.2 Å². The van der Waals surface area contributed by atoms with Gasteiger partial charge in [0.15, 0.2) is 11.5 Å². The SMILES string of the molecule is COc1cc(CN)ccc1OCc1ccc(Br)cc1. The molecule has 0 fully saturated rings. The lowest BCUT2D eigenvalue weighted by atomic mass is 10.2. The van der Waals surface area contributed by atoms with E-state index in [9.17, 15) is 0 Å². The second-order valence-electron chi connectivity index (χ2n) is 4.10. The Morgan fingerprint density at radius 2 is 1.68 bits per heavy atom. The molecule has 0 radical (unpaired) electrons. The minimum absolute atomic E-state index is 0.489. The van der Waals surface area contributed by atoms with Gasteiger partial charge in [-0.15, -0.1) is 0 Å². The zero-order valence-electron chi connectivity index (χ0n) is 10.7. The van der Waals surface area contributed by atoms with E-state index >= 15 is 0 Å². The number of nitrogens with two attached hydrogens (primary N) is 1. The number of hydrogen-bond donors (Lipinski definition) is 1. The summed E-state index contributed by atoms with van der Waals surface area (Å²) in [4.78, 5) is 0. The maximum absolute atomic E-state index is 5.77. The second kappa shape index (κ2) is 6.59. The first-order valence-corrected chi connectivity index (χ1v) is 6.76. The molecule has 0 atom stereocenters. The van der Waals surface area contributed by atoms with E-state index in [2.05, 4.69) is 15.9 Å². The Balaban J connectivity index is 2.08. The van der Waals surface area contributed by atoms with E-state index in [1.54, 1.807) is 7.11 Å². The van der Waals surface area contributed by atoms with Gasteiger partial charge in [0, 0.05) is 11.0 Å². The van der Waals surface area contributed by atoms with Crippen LogP contribution in [0.5, 0.6) is 11.5 Å². The van der Waals surface area contributed by atoms with Crippen LogP contribution in [0.2, 0.25) is 0 Å². The molecule has 4 heteroatoms. The van der Waals surface area contributed by atoms with Crippen LogP contribution in [0.25, 0.3) is 0 Å². The summed E-state index contributed by atoms with van der Waals surface area (Å²) in [6.45, 7) is 0.995. The minimum Gasteiger partial charge on any atom is -0.493 e. The van der Waals surface area contributed by atoms with Gasteiger partial charge >= 0.3 is 0 Å². The third-order valence-corrected chi connectivity index (χ3v) is 3.30. The molecule has 100 valence electrons. The lowest BCUT2D eigenvalue weighted by molar-refractivity contribution is 0.284. The second-order valence-corrected chi connectivity index (χ2v) is 5.02. The quantitative estimate of drug-likeness (QED) is 0.916. The predicted octanol–water partition coefficient (Wildman–Crippen LogP) is 3.50. The van der Waals surface area contributed by atoms with Crippen LogP contribution in [0.4, 0.5) is 0 Å². The van der Waals surface area contributed by atoms with Crippen molar-refractivity contribution >= 4 is 15.9 Å². The van der Waals surface area contributed by atoms with Gasteiger partial charge in [0.25, 0.3) is 0 Å². The first-order valence-electron chi connectivity index (χ1n) is 5.97. The molecule has 0 bridgehead atoms. The first-order chi connectivity index (χ1) is 9.22. The largest absolute Gasteiger partial charge is 0.493 e. The molecule has 0 aliphatic heterocycles. The predicted molar refractivity (Wildman–Crippen MR) is 79.4 cm³/mol. The first kappa shape index (κ1) is 13.9. The van der Waals surface area contributed by atoms with Crippen LogP contribution < -0.4 is 15.2 Å². The van der Waals surface area contributed by atoms with E-state index in [4.69, 9.17) is 15.2 Å². The summed E-state index contributed by atoms with van der Waals surface area (Å²) in [6, 6.07) is 13.8. The number of ether oxygens (including phenoxy) is 2. The van der Waals surface area contributed by atoms with Gasteiger partial charge in [-0.1, -0.05) is 34.1 Å². The van der Waals surface area contributed by atoms with Crippen molar-refractivity contribution in [2.45, 2.75) is 13.2 Å². The summed E-state index contributed by atoms with van der Waals surface area (Å²) < 4.78 is 12.1. The summed E-state index contributed by atoms with van der Waals surface area (Å²) in [5, 5.41) is 0. The summed E-state index contributed by atoms with van der Waals surface area (Å²) >= 11 is 3.41. The number of rotatable bonds is 5. The zero-order valence-corrected chi connectivity index (χ0v) is 12.3. The molecule has 2 rings (SSSR count). The molecule has 3 nitrogen and oxygen atoms in total. The number of methoxy groups -OCH3 is 1. The molecule has 0 amide bonds. The molecular weight excluding hydrogens is 306 g/mol. The maximum Gasteiger partial charge on any atom is 0.161 e. The highest BCUT2D eigenvalue weighted by atomic mass is 79.9. The van der Waals surface area contributed by atoms with Crippen molar-refractivity contribution in [3.63, 3.8) is 0 Å². The highest BCUT2D eigenvalue weighted by molar-refractivity contribution is 9.10. The Labute approximate surface area is 121 Å². The molecule has 19 heavy (non-hydrogen) atoms. The normalized spacial score (nSPS) is 10.3. The number of hydrogen-bond acceptors (Lipinski definition) is 3. The topological polar surface area (TPSA) is 44.5 Å². The van der Waals surface area contributed by atoms with Gasteiger partial charge in [-0.3, -0.25) is 0 Å². The molecule has 0 aliphatic rings. The van der Waals surface area contributed by atoms with E-state index in [0.29, 0.717) is 18.9 Å². The van der Waals surface area contributed by atoms with Gasteiger partial charge in [0.2, 0.25) is 0 Å². The average Bonchev–Trinajstić information content (AvgIpc) is 2.46. The van der Waals surface area contributed by atoms with Gasteiger partial charge in [-0.05, 0) is 35.4 Å². The Kier molecular flexibility index (Phi) is 4.82. The van der Waals surface area contributed by atoms with Crippen LogP contribution in [-0.4, -0.2) is 7.11 Å². The van der Waals surface area contributed by atoms with E-state index in [1.165, 1.54) is 0 Å². The van der Waals surface area contributed by atoms with Crippen molar-refractivity contribution in [2.24, 2.45) is 5.73 Å². The fourth-order valence-corrected chi connectivity index (χ4v) is 1.96. The van der Waals surface area contributed by atoms with Gasteiger partial charge in [-0.25, -0.2) is 0 Å². The molecular formula is C15H16BrNO2. The molecule has 2 aromatic rings.